The molecule has 144 valence electrons. The number of nitrogens with zero attached hydrogens (tertiary/aromatic N) is 1. The Morgan fingerprint density at radius 3 is 1.76 bits per heavy atom. The molecule has 0 amide bonds. The number of rotatable bonds is 16. The number of aryl methyl sites for hydroxylation is 1. The van der Waals surface area contributed by atoms with Gasteiger partial charge in [0.05, 0.1) is 0 Å². The average molecular weight is 429 g/mol. The van der Waals surface area contributed by atoms with E-state index in [1.165, 1.54) is 124 Å². The molecule has 1 nitrogen and oxygen atoms in total. The van der Waals surface area contributed by atoms with Gasteiger partial charge < -0.3 is 0 Å². The van der Waals surface area contributed by atoms with Crippen molar-refractivity contribution >= 4 is 26.3 Å². The maximum atomic E-state index is 4.83. The molecule has 1 aromatic heterocycles. The summed E-state index contributed by atoms with van der Waals surface area (Å²) in [6.45, 7) is 2.30. The van der Waals surface area contributed by atoms with Crippen LogP contribution in [-0.4, -0.2) is 19.9 Å². The van der Waals surface area contributed by atoms with Gasteiger partial charge in [-0.25, -0.2) is 0 Å². The summed E-state index contributed by atoms with van der Waals surface area (Å²) in [6.07, 6.45) is 22.9. The Labute approximate surface area is 167 Å². The van der Waals surface area contributed by atoms with Gasteiger partial charge in [-0.05, 0) is 0 Å². The summed E-state index contributed by atoms with van der Waals surface area (Å²) in [5.74, 6) is 0. The standard InChI is InChI=1S/C22H39NSSe/c1-2-3-4-5-6-7-8-9-10-11-12-13-14-15-16-17-22-23-20-18-25-19-21(20)24-22/h2-19H2,1H3. The zero-order valence-electron chi connectivity index (χ0n) is 16.5. The van der Waals surface area contributed by atoms with Gasteiger partial charge in [0.2, 0.25) is 0 Å². The molecule has 1 aliphatic rings. The second-order valence-electron chi connectivity index (χ2n) is 7.67. The van der Waals surface area contributed by atoms with Crippen molar-refractivity contribution in [2.45, 2.75) is 120 Å². The quantitative estimate of drug-likeness (QED) is 0.199. The summed E-state index contributed by atoms with van der Waals surface area (Å²) in [5, 5.41) is 4.09. The molecular weight excluding hydrogens is 389 g/mol. The number of aromatic nitrogens is 1. The molecular formula is C22H39NSSe. The number of unbranched alkanes of at least 4 members (excludes halogenated alkanes) is 14. The van der Waals surface area contributed by atoms with Crippen LogP contribution in [0.5, 0.6) is 0 Å². The van der Waals surface area contributed by atoms with Crippen LogP contribution in [0.4, 0.5) is 0 Å². The van der Waals surface area contributed by atoms with Gasteiger partial charge in [-0.2, -0.15) is 0 Å². The molecule has 0 bridgehead atoms. The van der Waals surface area contributed by atoms with Gasteiger partial charge in [0.25, 0.3) is 0 Å². The third-order valence-electron chi connectivity index (χ3n) is 5.29. The number of thiazole rings is 1. The molecule has 0 saturated heterocycles. The van der Waals surface area contributed by atoms with E-state index >= 15 is 0 Å². The zero-order chi connectivity index (χ0) is 17.6. The molecule has 0 saturated carbocycles. The van der Waals surface area contributed by atoms with Crippen LogP contribution in [0.2, 0.25) is 0 Å². The van der Waals surface area contributed by atoms with Crippen molar-refractivity contribution in [2.24, 2.45) is 0 Å². The van der Waals surface area contributed by atoms with Gasteiger partial charge in [-0.15, -0.1) is 0 Å². The molecule has 0 radical (unpaired) electrons. The summed E-state index contributed by atoms with van der Waals surface area (Å²) < 4.78 is 0. The number of hydrogen-bond donors (Lipinski definition) is 0. The molecule has 0 aliphatic carbocycles. The van der Waals surface area contributed by atoms with E-state index < -0.39 is 0 Å². The Morgan fingerprint density at radius 1 is 0.720 bits per heavy atom. The summed E-state index contributed by atoms with van der Waals surface area (Å²) in [7, 11) is 0. The Balaban J connectivity index is 1.29. The van der Waals surface area contributed by atoms with Crippen molar-refractivity contribution in [3.05, 3.63) is 15.6 Å². The van der Waals surface area contributed by atoms with Crippen LogP contribution >= 0.6 is 11.3 Å². The van der Waals surface area contributed by atoms with Crippen LogP contribution < -0.4 is 0 Å². The van der Waals surface area contributed by atoms with E-state index in [1.807, 2.05) is 11.3 Å². The Hall–Kier alpha value is 0.149. The summed E-state index contributed by atoms with van der Waals surface area (Å²) >= 11 is 2.85. The predicted octanol–water partition coefficient (Wildman–Crippen LogP) is 7.27. The predicted molar refractivity (Wildman–Crippen MR) is 114 cm³/mol. The van der Waals surface area contributed by atoms with E-state index in [9.17, 15) is 0 Å². The topological polar surface area (TPSA) is 12.9 Å². The second kappa shape index (κ2) is 14.2. The van der Waals surface area contributed by atoms with Crippen LogP contribution in [0.1, 0.15) is 119 Å². The zero-order valence-corrected chi connectivity index (χ0v) is 19.0. The fourth-order valence-electron chi connectivity index (χ4n) is 3.66. The maximum absolute atomic E-state index is 4.83. The molecule has 0 fully saturated rings. The van der Waals surface area contributed by atoms with Crippen molar-refractivity contribution < 1.29 is 0 Å². The van der Waals surface area contributed by atoms with E-state index in [4.69, 9.17) is 4.98 Å². The number of fused-ring (bicyclic) bond motifs is 1. The van der Waals surface area contributed by atoms with E-state index in [-0.39, 0.29) is 0 Å². The van der Waals surface area contributed by atoms with Gasteiger partial charge in [0.1, 0.15) is 0 Å². The van der Waals surface area contributed by atoms with Gasteiger partial charge in [-0.1, -0.05) is 58.3 Å². The second-order valence-corrected chi connectivity index (χ2v) is 10.9. The van der Waals surface area contributed by atoms with Crippen LogP contribution in [0.3, 0.4) is 0 Å². The van der Waals surface area contributed by atoms with Crippen LogP contribution in [0.25, 0.3) is 0 Å². The van der Waals surface area contributed by atoms with Gasteiger partial charge >= 0.3 is 109 Å². The first-order chi connectivity index (χ1) is 12.4. The molecule has 2 heterocycles. The fraction of sp³-hybridized carbons (Fsp3) is 0.864. The molecule has 0 atom stereocenters. The van der Waals surface area contributed by atoms with Crippen molar-refractivity contribution in [3.63, 3.8) is 0 Å². The molecule has 2 rings (SSSR count). The fourth-order valence-corrected chi connectivity index (χ4v) is 7.51. The SMILES string of the molecule is CCCCCCCCCCCCCCCCCc1nc2c(s1)C[Se]C2. The summed E-state index contributed by atoms with van der Waals surface area (Å²) in [5.41, 5.74) is 1.46. The summed E-state index contributed by atoms with van der Waals surface area (Å²) in [6, 6.07) is 0. The Morgan fingerprint density at radius 2 is 1.24 bits per heavy atom. The minimum absolute atomic E-state index is 0.835. The van der Waals surface area contributed by atoms with Crippen molar-refractivity contribution in [3.8, 4) is 0 Å². The van der Waals surface area contributed by atoms with Crippen molar-refractivity contribution in [1.82, 2.24) is 4.98 Å². The monoisotopic (exact) mass is 429 g/mol. The van der Waals surface area contributed by atoms with E-state index in [0.29, 0.717) is 0 Å². The molecule has 0 spiro atoms. The first-order valence-electron chi connectivity index (χ1n) is 11.0. The van der Waals surface area contributed by atoms with E-state index in [2.05, 4.69) is 6.92 Å². The van der Waals surface area contributed by atoms with Crippen LogP contribution in [0, 0.1) is 0 Å². The van der Waals surface area contributed by atoms with E-state index in [1.54, 1.807) is 4.88 Å². The molecule has 1 aliphatic heterocycles. The molecule has 25 heavy (non-hydrogen) atoms. The van der Waals surface area contributed by atoms with Gasteiger partial charge in [0.15, 0.2) is 0 Å². The van der Waals surface area contributed by atoms with Gasteiger partial charge in [-0.3, -0.25) is 0 Å². The molecule has 0 N–H and O–H groups in total. The molecule has 3 heteroatoms. The normalized spacial score (nSPS) is 13.5. The summed E-state index contributed by atoms with van der Waals surface area (Å²) in [4.78, 5) is 6.45. The molecule has 0 aromatic carbocycles. The van der Waals surface area contributed by atoms with E-state index in [0.717, 1.165) is 15.0 Å². The first kappa shape index (κ1) is 21.4. The molecule has 0 unspecified atom stereocenters. The first-order valence-corrected chi connectivity index (χ1v) is 14.2. The number of hydrogen-bond acceptors (Lipinski definition) is 2. The Bertz CT molecular complexity index is 422. The van der Waals surface area contributed by atoms with Crippen molar-refractivity contribution in [1.29, 1.82) is 0 Å². The van der Waals surface area contributed by atoms with Crippen molar-refractivity contribution in [2.75, 3.05) is 0 Å². The Kier molecular flexibility index (Phi) is 12.2. The minimum atomic E-state index is 0.835. The third kappa shape index (κ3) is 9.59. The molecule has 1 aromatic rings. The van der Waals surface area contributed by atoms with Gasteiger partial charge in [0, 0.05) is 0 Å². The van der Waals surface area contributed by atoms with Crippen LogP contribution in [0.15, 0.2) is 0 Å². The third-order valence-corrected chi connectivity index (χ3v) is 8.89. The van der Waals surface area contributed by atoms with Crippen LogP contribution in [-0.2, 0) is 17.1 Å². The average Bonchev–Trinajstić information content (AvgIpc) is 3.20.